The molecule has 1 heterocycles. The van der Waals surface area contributed by atoms with Crippen molar-refractivity contribution < 1.29 is 4.74 Å². The summed E-state index contributed by atoms with van der Waals surface area (Å²) in [6.45, 7) is 15.0. The maximum absolute atomic E-state index is 5.87. The summed E-state index contributed by atoms with van der Waals surface area (Å²) in [6.07, 6.45) is 0.864. The van der Waals surface area contributed by atoms with Gasteiger partial charge in [0.2, 0.25) is 0 Å². The molecule has 1 aromatic rings. The normalized spacial score (nSPS) is 14.6. The Hall–Kier alpha value is -1.00. The Morgan fingerprint density at radius 3 is 2.55 bits per heavy atom. The molecule has 0 bridgehead atoms. The second-order valence-corrected chi connectivity index (χ2v) is 5.87. The first kappa shape index (κ1) is 17.1. The van der Waals surface area contributed by atoms with Gasteiger partial charge in [0.05, 0.1) is 5.69 Å². The Labute approximate surface area is 123 Å². The Balaban J connectivity index is 2.90. The molecule has 0 fully saturated rings. The highest BCUT2D eigenvalue weighted by Crippen LogP contribution is 2.26. The topological polar surface area (TPSA) is 47.0 Å². The van der Waals surface area contributed by atoms with Crippen LogP contribution in [0.4, 0.5) is 0 Å². The van der Waals surface area contributed by atoms with E-state index in [1.165, 1.54) is 0 Å². The number of aromatic nitrogens is 2. The van der Waals surface area contributed by atoms with Gasteiger partial charge in [-0.1, -0.05) is 20.8 Å². The van der Waals surface area contributed by atoms with Gasteiger partial charge in [-0.3, -0.25) is 0 Å². The zero-order valence-electron chi connectivity index (χ0n) is 13.8. The molecule has 0 saturated carbocycles. The molecule has 0 aliphatic rings. The number of nitrogens with zero attached hydrogens (tertiary/aromatic N) is 2. The highest BCUT2D eigenvalue weighted by molar-refractivity contribution is 5.13. The molecule has 1 atom stereocenters. The van der Waals surface area contributed by atoms with E-state index in [0.29, 0.717) is 12.5 Å². The van der Waals surface area contributed by atoms with Gasteiger partial charge < -0.3 is 10.1 Å². The van der Waals surface area contributed by atoms with Gasteiger partial charge in [0, 0.05) is 18.8 Å². The second-order valence-electron chi connectivity index (χ2n) is 5.87. The Morgan fingerprint density at radius 2 is 2.00 bits per heavy atom. The SMILES string of the molecule is CCOC(C)(CC)c1nc(C)cc(CNCC(C)C)n1. The van der Waals surface area contributed by atoms with Gasteiger partial charge in [-0.05, 0) is 45.7 Å². The van der Waals surface area contributed by atoms with E-state index in [1.54, 1.807) is 0 Å². The van der Waals surface area contributed by atoms with Gasteiger partial charge in [0.25, 0.3) is 0 Å². The lowest BCUT2D eigenvalue weighted by molar-refractivity contribution is -0.0393. The van der Waals surface area contributed by atoms with Crippen LogP contribution in [0.2, 0.25) is 0 Å². The first-order valence-electron chi connectivity index (χ1n) is 7.61. The second kappa shape index (κ2) is 7.70. The molecule has 1 aromatic heterocycles. The first-order valence-corrected chi connectivity index (χ1v) is 7.61. The molecule has 0 saturated heterocycles. The lowest BCUT2D eigenvalue weighted by atomic mass is 10.0. The van der Waals surface area contributed by atoms with Crippen LogP contribution in [0.15, 0.2) is 6.07 Å². The first-order chi connectivity index (χ1) is 9.41. The van der Waals surface area contributed by atoms with Crippen molar-refractivity contribution >= 4 is 0 Å². The van der Waals surface area contributed by atoms with Gasteiger partial charge >= 0.3 is 0 Å². The summed E-state index contributed by atoms with van der Waals surface area (Å²) in [4.78, 5) is 9.27. The predicted molar refractivity (Wildman–Crippen MR) is 82.6 cm³/mol. The number of rotatable bonds is 8. The number of ether oxygens (including phenoxy) is 1. The average Bonchev–Trinajstić information content (AvgIpc) is 2.37. The van der Waals surface area contributed by atoms with E-state index in [9.17, 15) is 0 Å². The van der Waals surface area contributed by atoms with Crippen LogP contribution in [-0.4, -0.2) is 23.1 Å². The van der Waals surface area contributed by atoms with Gasteiger partial charge in [0.15, 0.2) is 5.82 Å². The van der Waals surface area contributed by atoms with Crippen LogP contribution in [0.25, 0.3) is 0 Å². The molecule has 1 rings (SSSR count). The Kier molecular flexibility index (Phi) is 6.56. The molecule has 0 aromatic carbocycles. The number of nitrogens with one attached hydrogen (secondary N) is 1. The molecular weight excluding hydrogens is 250 g/mol. The third kappa shape index (κ3) is 4.84. The van der Waals surface area contributed by atoms with Crippen molar-refractivity contribution in [2.45, 2.75) is 60.1 Å². The zero-order chi connectivity index (χ0) is 15.2. The zero-order valence-corrected chi connectivity index (χ0v) is 13.8. The van der Waals surface area contributed by atoms with Crippen molar-refractivity contribution in [3.8, 4) is 0 Å². The average molecular weight is 279 g/mol. The summed E-state index contributed by atoms with van der Waals surface area (Å²) in [5.41, 5.74) is 1.64. The van der Waals surface area contributed by atoms with E-state index < -0.39 is 5.60 Å². The highest BCUT2D eigenvalue weighted by atomic mass is 16.5. The van der Waals surface area contributed by atoms with Gasteiger partial charge in [-0.15, -0.1) is 0 Å². The minimum Gasteiger partial charge on any atom is -0.368 e. The van der Waals surface area contributed by atoms with E-state index in [-0.39, 0.29) is 0 Å². The fourth-order valence-corrected chi connectivity index (χ4v) is 2.09. The fraction of sp³-hybridized carbons (Fsp3) is 0.750. The van der Waals surface area contributed by atoms with Crippen molar-refractivity contribution in [1.82, 2.24) is 15.3 Å². The summed E-state index contributed by atoms with van der Waals surface area (Å²) in [5.74, 6) is 1.44. The van der Waals surface area contributed by atoms with Crippen molar-refractivity contribution in [3.63, 3.8) is 0 Å². The largest absolute Gasteiger partial charge is 0.368 e. The van der Waals surface area contributed by atoms with E-state index in [1.807, 2.05) is 19.9 Å². The fourth-order valence-electron chi connectivity index (χ4n) is 2.09. The summed E-state index contributed by atoms with van der Waals surface area (Å²) < 4.78 is 5.87. The maximum atomic E-state index is 5.87. The molecule has 0 amide bonds. The van der Waals surface area contributed by atoms with E-state index in [2.05, 4.69) is 38.0 Å². The van der Waals surface area contributed by atoms with Gasteiger partial charge in [-0.2, -0.15) is 0 Å². The van der Waals surface area contributed by atoms with E-state index in [4.69, 9.17) is 9.72 Å². The molecule has 4 heteroatoms. The van der Waals surface area contributed by atoms with Crippen LogP contribution < -0.4 is 5.32 Å². The van der Waals surface area contributed by atoms with Gasteiger partial charge in [0.1, 0.15) is 5.60 Å². The summed E-state index contributed by atoms with van der Waals surface area (Å²) in [5, 5.41) is 3.43. The molecule has 4 nitrogen and oxygen atoms in total. The minimum atomic E-state index is -0.395. The molecule has 0 radical (unpaired) electrons. The molecule has 114 valence electrons. The van der Waals surface area contributed by atoms with Crippen LogP contribution in [0.5, 0.6) is 0 Å². The molecule has 0 aliphatic heterocycles. The lowest BCUT2D eigenvalue weighted by Crippen LogP contribution is -2.29. The van der Waals surface area contributed by atoms with E-state index in [0.717, 1.165) is 36.7 Å². The minimum absolute atomic E-state index is 0.395. The standard InChI is InChI=1S/C16H29N3O/c1-7-16(6,20-8-2)15-18-13(5)9-14(19-15)11-17-10-12(3)4/h9,12,17H,7-8,10-11H2,1-6H3. The summed E-state index contributed by atoms with van der Waals surface area (Å²) in [6, 6.07) is 2.04. The number of aryl methyl sites for hydroxylation is 1. The molecule has 0 spiro atoms. The monoisotopic (exact) mass is 279 g/mol. The number of hydrogen-bond donors (Lipinski definition) is 1. The summed E-state index contributed by atoms with van der Waals surface area (Å²) in [7, 11) is 0. The van der Waals surface area contributed by atoms with Crippen molar-refractivity contribution in [3.05, 3.63) is 23.3 Å². The molecule has 20 heavy (non-hydrogen) atoms. The van der Waals surface area contributed by atoms with Gasteiger partial charge in [-0.25, -0.2) is 9.97 Å². The Morgan fingerprint density at radius 1 is 1.30 bits per heavy atom. The smallest absolute Gasteiger partial charge is 0.160 e. The molecule has 1 N–H and O–H groups in total. The summed E-state index contributed by atoms with van der Waals surface area (Å²) >= 11 is 0. The third-order valence-corrected chi connectivity index (χ3v) is 3.38. The van der Waals surface area contributed by atoms with Crippen LogP contribution in [-0.2, 0) is 16.9 Å². The van der Waals surface area contributed by atoms with Crippen LogP contribution in [0, 0.1) is 12.8 Å². The van der Waals surface area contributed by atoms with Crippen LogP contribution >= 0.6 is 0 Å². The Bertz CT molecular complexity index is 420. The van der Waals surface area contributed by atoms with Crippen molar-refractivity contribution in [1.29, 1.82) is 0 Å². The quantitative estimate of drug-likeness (QED) is 0.794. The number of hydrogen-bond acceptors (Lipinski definition) is 4. The maximum Gasteiger partial charge on any atom is 0.160 e. The van der Waals surface area contributed by atoms with Crippen LogP contribution in [0.1, 0.15) is 58.3 Å². The molecule has 0 aliphatic carbocycles. The van der Waals surface area contributed by atoms with E-state index >= 15 is 0 Å². The van der Waals surface area contributed by atoms with Crippen LogP contribution in [0.3, 0.4) is 0 Å². The third-order valence-electron chi connectivity index (χ3n) is 3.38. The van der Waals surface area contributed by atoms with Crippen molar-refractivity contribution in [2.24, 2.45) is 5.92 Å². The van der Waals surface area contributed by atoms with Crippen molar-refractivity contribution in [2.75, 3.05) is 13.2 Å². The lowest BCUT2D eigenvalue weighted by Gasteiger charge is -2.27. The molecular formula is C16H29N3O. The highest BCUT2D eigenvalue weighted by Gasteiger charge is 2.28. The molecule has 1 unspecified atom stereocenters. The predicted octanol–water partition coefficient (Wildman–Crippen LogP) is 3.19.